The molecule has 0 bridgehead atoms. The van der Waals surface area contributed by atoms with Crippen LogP contribution in [0, 0.1) is 0 Å². The minimum atomic E-state index is -0.252. The van der Waals surface area contributed by atoms with Crippen LogP contribution in [0.25, 0.3) is 12.2 Å². The van der Waals surface area contributed by atoms with Gasteiger partial charge in [0, 0.05) is 31.9 Å². The Hall–Kier alpha value is -3.18. The van der Waals surface area contributed by atoms with E-state index in [0.717, 1.165) is 43.0 Å². The Kier molecular flexibility index (Phi) is 6.76. The number of benzene rings is 2. The molecule has 0 atom stereocenters. The van der Waals surface area contributed by atoms with Crippen LogP contribution < -0.4 is 10.2 Å². The van der Waals surface area contributed by atoms with Crippen molar-refractivity contribution in [2.45, 2.75) is 6.42 Å². The van der Waals surface area contributed by atoms with Crippen molar-refractivity contribution in [2.75, 3.05) is 31.1 Å². The number of nitrogens with one attached hydrogen (secondary N) is 1. The highest BCUT2D eigenvalue weighted by molar-refractivity contribution is 6.11. The third-order valence-corrected chi connectivity index (χ3v) is 4.55. The summed E-state index contributed by atoms with van der Waals surface area (Å²) in [5.41, 5.74) is 2.87. The molecule has 144 valence electrons. The van der Waals surface area contributed by atoms with E-state index in [1.807, 2.05) is 18.2 Å². The molecule has 1 saturated heterocycles. The minimum Gasteiger partial charge on any atom is -0.508 e. The predicted octanol–water partition coefficient (Wildman–Crippen LogP) is 3.06. The number of rotatable bonds is 7. The lowest BCUT2D eigenvalue weighted by Crippen LogP contribution is -2.43. The quantitative estimate of drug-likeness (QED) is 0.574. The van der Waals surface area contributed by atoms with E-state index in [1.165, 1.54) is 12.2 Å². The van der Waals surface area contributed by atoms with E-state index in [9.17, 15) is 14.7 Å². The van der Waals surface area contributed by atoms with Gasteiger partial charge in [0.2, 0.25) is 0 Å². The van der Waals surface area contributed by atoms with Gasteiger partial charge in [-0.2, -0.15) is 0 Å². The Morgan fingerprint density at radius 1 is 0.929 bits per heavy atom. The summed E-state index contributed by atoms with van der Waals surface area (Å²) in [6.45, 7) is 3.75. The number of ketones is 2. The van der Waals surface area contributed by atoms with Crippen LogP contribution in [0.15, 0.2) is 60.7 Å². The second kappa shape index (κ2) is 9.67. The van der Waals surface area contributed by atoms with Gasteiger partial charge in [-0.25, -0.2) is 0 Å². The highest BCUT2D eigenvalue weighted by atomic mass is 16.3. The summed E-state index contributed by atoms with van der Waals surface area (Å²) in [5, 5.41) is 12.6. The number of allylic oxidation sites excluding steroid dienone is 2. The molecule has 1 heterocycles. The molecule has 2 aromatic rings. The first kappa shape index (κ1) is 19.6. The highest BCUT2D eigenvalue weighted by Gasteiger charge is 2.12. The molecule has 0 unspecified atom stereocenters. The van der Waals surface area contributed by atoms with Gasteiger partial charge in [-0.15, -0.1) is 0 Å². The molecule has 0 spiro atoms. The van der Waals surface area contributed by atoms with Crippen LogP contribution in [0.5, 0.6) is 5.75 Å². The summed E-state index contributed by atoms with van der Waals surface area (Å²) in [6.07, 6.45) is 6.14. The zero-order chi connectivity index (χ0) is 19.8. The van der Waals surface area contributed by atoms with E-state index >= 15 is 0 Å². The minimum absolute atomic E-state index is 0.166. The number of para-hydroxylation sites is 1. The molecular formula is C23H24N2O3. The molecule has 28 heavy (non-hydrogen) atoms. The third kappa shape index (κ3) is 5.66. The van der Waals surface area contributed by atoms with Crippen molar-refractivity contribution in [3.8, 4) is 5.75 Å². The number of hydrogen-bond donors (Lipinski definition) is 2. The van der Waals surface area contributed by atoms with Crippen molar-refractivity contribution >= 4 is 29.4 Å². The molecule has 5 heteroatoms. The van der Waals surface area contributed by atoms with Crippen LogP contribution in [0.1, 0.15) is 17.5 Å². The molecular weight excluding hydrogens is 352 g/mol. The van der Waals surface area contributed by atoms with Gasteiger partial charge < -0.3 is 15.3 Å². The van der Waals surface area contributed by atoms with Gasteiger partial charge in [0.1, 0.15) is 5.75 Å². The SMILES string of the molecule is O=C(/C=C/c1ccc(O)cc1)CC(=O)/C=C/c1ccccc1N1CCNCC1. The Bertz CT molecular complexity index is 879. The molecule has 2 aromatic carbocycles. The molecule has 0 aliphatic carbocycles. The number of piperazine rings is 1. The molecule has 1 fully saturated rings. The largest absolute Gasteiger partial charge is 0.508 e. The molecule has 0 amide bonds. The van der Waals surface area contributed by atoms with E-state index in [4.69, 9.17) is 0 Å². The molecule has 2 N–H and O–H groups in total. The number of carbonyl (C=O) groups excluding carboxylic acids is 2. The maximum absolute atomic E-state index is 12.2. The lowest BCUT2D eigenvalue weighted by Gasteiger charge is -2.30. The Morgan fingerprint density at radius 3 is 2.29 bits per heavy atom. The van der Waals surface area contributed by atoms with Gasteiger partial charge in [0.05, 0.1) is 6.42 Å². The third-order valence-electron chi connectivity index (χ3n) is 4.55. The molecule has 0 aromatic heterocycles. The first-order chi connectivity index (χ1) is 13.6. The fourth-order valence-corrected chi connectivity index (χ4v) is 3.07. The maximum atomic E-state index is 12.2. The summed E-state index contributed by atoms with van der Waals surface area (Å²) < 4.78 is 0. The smallest absolute Gasteiger partial charge is 0.163 e. The van der Waals surface area contributed by atoms with Crippen LogP contribution in [-0.2, 0) is 9.59 Å². The Labute approximate surface area is 165 Å². The fraction of sp³-hybridized carbons (Fsp3) is 0.217. The van der Waals surface area contributed by atoms with Crippen molar-refractivity contribution in [3.05, 3.63) is 71.8 Å². The van der Waals surface area contributed by atoms with Gasteiger partial charge in [-0.1, -0.05) is 36.4 Å². The Balaban J connectivity index is 1.59. The number of carbonyl (C=O) groups is 2. The normalized spacial score (nSPS) is 14.6. The van der Waals surface area contributed by atoms with Crippen LogP contribution in [0.2, 0.25) is 0 Å². The predicted molar refractivity (Wildman–Crippen MR) is 112 cm³/mol. The summed E-state index contributed by atoms with van der Waals surface area (Å²) >= 11 is 0. The molecule has 1 aliphatic rings. The first-order valence-corrected chi connectivity index (χ1v) is 9.37. The number of aromatic hydroxyl groups is 1. The van der Waals surface area contributed by atoms with E-state index in [1.54, 1.807) is 36.4 Å². The van der Waals surface area contributed by atoms with Crippen LogP contribution in [-0.4, -0.2) is 42.9 Å². The van der Waals surface area contributed by atoms with Gasteiger partial charge >= 0.3 is 0 Å². The monoisotopic (exact) mass is 376 g/mol. The second-order valence-corrected chi connectivity index (χ2v) is 6.66. The van der Waals surface area contributed by atoms with E-state index < -0.39 is 0 Å². The summed E-state index contributed by atoms with van der Waals surface area (Å²) in [5.74, 6) is -0.307. The summed E-state index contributed by atoms with van der Waals surface area (Å²) in [7, 11) is 0. The number of hydrogen-bond acceptors (Lipinski definition) is 5. The molecule has 1 aliphatic heterocycles. The van der Waals surface area contributed by atoms with Crippen LogP contribution >= 0.6 is 0 Å². The van der Waals surface area contributed by atoms with Crippen LogP contribution in [0.3, 0.4) is 0 Å². The average molecular weight is 376 g/mol. The van der Waals surface area contributed by atoms with Gasteiger partial charge in [-0.3, -0.25) is 9.59 Å². The summed E-state index contributed by atoms with van der Waals surface area (Å²) in [4.78, 5) is 26.5. The Morgan fingerprint density at radius 2 is 1.57 bits per heavy atom. The molecule has 0 radical (unpaired) electrons. The van der Waals surface area contributed by atoms with Gasteiger partial charge in [0.25, 0.3) is 0 Å². The average Bonchev–Trinajstić information content (AvgIpc) is 2.73. The van der Waals surface area contributed by atoms with Crippen molar-refractivity contribution in [2.24, 2.45) is 0 Å². The number of nitrogens with zero attached hydrogens (tertiary/aromatic N) is 1. The standard InChI is InChI=1S/C23H24N2O3/c26-20-9-5-18(6-10-20)7-11-21(27)17-22(28)12-8-19-3-1-2-4-23(19)25-15-13-24-14-16-25/h1-12,24,26H,13-17H2/b11-7+,12-8+. The van der Waals surface area contributed by atoms with E-state index in [-0.39, 0.29) is 23.7 Å². The lowest BCUT2D eigenvalue weighted by molar-refractivity contribution is -0.121. The van der Waals surface area contributed by atoms with E-state index in [0.29, 0.717) is 0 Å². The topological polar surface area (TPSA) is 69.6 Å². The number of phenolic OH excluding ortho intramolecular Hbond substituents is 1. The van der Waals surface area contributed by atoms with Crippen molar-refractivity contribution < 1.29 is 14.7 Å². The number of anilines is 1. The zero-order valence-electron chi connectivity index (χ0n) is 15.7. The van der Waals surface area contributed by atoms with E-state index in [2.05, 4.69) is 16.3 Å². The van der Waals surface area contributed by atoms with Crippen molar-refractivity contribution in [3.63, 3.8) is 0 Å². The molecule has 0 saturated carbocycles. The lowest BCUT2D eigenvalue weighted by atomic mass is 10.1. The van der Waals surface area contributed by atoms with Crippen molar-refractivity contribution in [1.82, 2.24) is 5.32 Å². The van der Waals surface area contributed by atoms with Gasteiger partial charge in [0.15, 0.2) is 11.6 Å². The fourth-order valence-electron chi connectivity index (χ4n) is 3.07. The molecule has 3 rings (SSSR count). The first-order valence-electron chi connectivity index (χ1n) is 9.37. The highest BCUT2D eigenvalue weighted by Crippen LogP contribution is 2.22. The van der Waals surface area contributed by atoms with Crippen molar-refractivity contribution in [1.29, 1.82) is 0 Å². The second-order valence-electron chi connectivity index (χ2n) is 6.66. The summed E-state index contributed by atoms with van der Waals surface area (Å²) in [6, 6.07) is 14.5. The van der Waals surface area contributed by atoms with Gasteiger partial charge in [-0.05, 0) is 47.6 Å². The zero-order valence-corrected chi connectivity index (χ0v) is 15.7. The maximum Gasteiger partial charge on any atom is 0.163 e. The molecule has 5 nitrogen and oxygen atoms in total. The number of phenols is 1. The van der Waals surface area contributed by atoms with Crippen LogP contribution in [0.4, 0.5) is 5.69 Å².